The number of aryl methyl sites for hydroxylation is 2. The van der Waals surface area contributed by atoms with Crippen LogP contribution in [0.15, 0.2) is 6.20 Å². The molecule has 1 aromatic rings. The summed E-state index contributed by atoms with van der Waals surface area (Å²) in [7, 11) is 3.69. The lowest BCUT2D eigenvalue weighted by Gasteiger charge is -2.22. The van der Waals surface area contributed by atoms with E-state index < -0.39 is 0 Å². The minimum absolute atomic E-state index is 0.333. The average Bonchev–Trinajstić information content (AvgIpc) is 2.58. The molecule has 0 aromatic carbocycles. The van der Waals surface area contributed by atoms with Crippen LogP contribution in [-0.2, 0) is 18.2 Å². The highest BCUT2D eigenvalue weighted by atomic mass is 16.5. The highest BCUT2D eigenvalue weighted by molar-refractivity contribution is 5.47. The van der Waals surface area contributed by atoms with Crippen molar-refractivity contribution in [3.05, 3.63) is 11.9 Å². The first-order valence-corrected chi connectivity index (χ1v) is 5.86. The molecule has 0 saturated carbocycles. The van der Waals surface area contributed by atoms with Crippen LogP contribution in [0.1, 0.15) is 26.5 Å². The predicted octanol–water partition coefficient (Wildman–Crippen LogP) is 2.07. The van der Waals surface area contributed by atoms with Gasteiger partial charge in [0.2, 0.25) is 0 Å². The Hall–Kier alpha value is -1.03. The van der Waals surface area contributed by atoms with Gasteiger partial charge in [-0.1, -0.05) is 20.8 Å². The third kappa shape index (κ3) is 3.23. The molecule has 92 valence electrons. The highest BCUT2D eigenvalue weighted by Gasteiger charge is 2.15. The van der Waals surface area contributed by atoms with Crippen molar-refractivity contribution in [2.75, 3.05) is 19.0 Å². The maximum Gasteiger partial charge on any atom is 0.0853 e. The summed E-state index contributed by atoms with van der Waals surface area (Å²) in [6.07, 6.45) is 2.98. The van der Waals surface area contributed by atoms with Crippen molar-refractivity contribution in [2.45, 2.75) is 33.2 Å². The second-order valence-corrected chi connectivity index (χ2v) is 4.47. The molecule has 1 atom stereocenters. The maximum absolute atomic E-state index is 5.23. The summed E-state index contributed by atoms with van der Waals surface area (Å²) in [5, 5.41) is 7.93. The molecule has 1 aromatic heterocycles. The zero-order chi connectivity index (χ0) is 12.1. The van der Waals surface area contributed by atoms with Crippen molar-refractivity contribution < 1.29 is 4.74 Å². The van der Waals surface area contributed by atoms with Gasteiger partial charge in [0.1, 0.15) is 0 Å². The normalized spacial score (nSPS) is 13.1. The highest BCUT2D eigenvalue weighted by Crippen LogP contribution is 2.17. The third-order valence-electron chi connectivity index (χ3n) is 2.73. The molecule has 0 saturated heterocycles. The van der Waals surface area contributed by atoms with Gasteiger partial charge in [-0.2, -0.15) is 5.10 Å². The molecule has 0 aliphatic carbocycles. The van der Waals surface area contributed by atoms with Gasteiger partial charge in [-0.3, -0.25) is 4.68 Å². The van der Waals surface area contributed by atoms with E-state index in [9.17, 15) is 0 Å². The van der Waals surface area contributed by atoms with E-state index in [0.717, 1.165) is 24.4 Å². The van der Waals surface area contributed by atoms with E-state index in [0.29, 0.717) is 12.0 Å². The zero-order valence-electron chi connectivity index (χ0n) is 10.9. The second kappa shape index (κ2) is 5.89. The first-order chi connectivity index (χ1) is 7.58. The fraction of sp³-hybridized carbons (Fsp3) is 0.750. The van der Waals surface area contributed by atoms with E-state index in [2.05, 4.69) is 31.2 Å². The first-order valence-electron chi connectivity index (χ1n) is 5.86. The minimum Gasteiger partial charge on any atom is -0.383 e. The molecule has 1 rings (SSSR count). The smallest absolute Gasteiger partial charge is 0.0853 e. The molecule has 1 heterocycles. The third-order valence-corrected chi connectivity index (χ3v) is 2.73. The fourth-order valence-corrected chi connectivity index (χ4v) is 1.70. The van der Waals surface area contributed by atoms with Gasteiger partial charge in [0, 0.05) is 20.4 Å². The van der Waals surface area contributed by atoms with Crippen LogP contribution in [0.25, 0.3) is 0 Å². The Morgan fingerprint density at radius 2 is 2.19 bits per heavy atom. The summed E-state index contributed by atoms with van der Waals surface area (Å²) >= 11 is 0. The minimum atomic E-state index is 0.333. The van der Waals surface area contributed by atoms with Gasteiger partial charge in [-0.15, -0.1) is 0 Å². The van der Waals surface area contributed by atoms with E-state index in [1.54, 1.807) is 7.11 Å². The Morgan fingerprint density at radius 1 is 1.50 bits per heavy atom. The Bertz CT molecular complexity index is 320. The molecule has 0 aliphatic rings. The van der Waals surface area contributed by atoms with Crippen LogP contribution in [-0.4, -0.2) is 29.5 Å². The van der Waals surface area contributed by atoms with Crippen molar-refractivity contribution in [3.63, 3.8) is 0 Å². The number of aromatic nitrogens is 2. The predicted molar refractivity (Wildman–Crippen MR) is 66.7 cm³/mol. The lowest BCUT2D eigenvalue weighted by molar-refractivity contribution is 0.171. The summed E-state index contributed by atoms with van der Waals surface area (Å²) in [4.78, 5) is 0. The maximum atomic E-state index is 5.23. The van der Waals surface area contributed by atoms with Crippen LogP contribution in [0, 0.1) is 5.92 Å². The van der Waals surface area contributed by atoms with E-state index in [1.165, 1.54) is 0 Å². The Balaban J connectivity index is 2.75. The van der Waals surface area contributed by atoms with Gasteiger partial charge < -0.3 is 10.1 Å². The van der Waals surface area contributed by atoms with Gasteiger partial charge in [-0.25, -0.2) is 0 Å². The van der Waals surface area contributed by atoms with Crippen LogP contribution >= 0.6 is 0 Å². The van der Waals surface area contributed by atoms with Gasteiger partial charge >= 0.3 is 0 Å². The largest absolute Gasteiger partial charge is 0.383 e. The van der Waals surface area contributed by atoms with Crippen molar-refractivity contribution in [2.24, 2.45) is 13.0 Å². The number of nitrogens with one attached hydrogen (secondary N) is 1. The summed E-state index contributed by atoms with van der Waals surface area (Å²) < 4.78 is 7.08. The number of hydrogen-bond donors (Lipinski definition) is 1. The Kier molecular flexibility index (Phi) is 4.80. The number of methoxy groups -OCH3 is 1. The second-order valence-electron chi connectivity index (χ2n) is 4.47. The van der Waals surface area contributed by atoms with Gasteiger partial charge in [0.05, 0.1) is 24.0 Å². The average molecular weight is 225 g/mol. The molecule has 0 spiro atoms. The summed E-state index contributed by atoms with van der Waals surface area (Å²) in [6.45, 7) is 7.22. The molecule has 0 radical (unpaired) electrons. The van der Waals surface area contributed by atoms with Gasteiger partial charge in [-0.05, 0) is 12.3 Å². The summed E-state index contributed by atoms with van der Waals surface area (Å²) in [6, 6.07) is 0.333. The monoisotopic (exact) mass is 225 g/mol. The summed E-state index contributed by atoms with van der Waals surface area (Å²) in [5.41, 5.74) is 2.24. The van der Waals surface area contributed by atoms with Crippen molar-refractivity contribution in [1.29, 1.82) is 0 Å². The van der Waals surface area contributed by atoms with Crippen LogP contribution in [0.4, 0.5) is 5.69 Å². The zero-order valence-corrected chi connectivity index (χ0v) is 10.9. The fourth-order valence-electron chi connectivity index (χ4n) is 1.70. The lowest BCUT2D eigenvalue weighted by atomic mass is 10.1. The van der Waals surface area contributed by atoms with Crippen LogP contribution in [0.5, 0.6) is 0 Å². The van der Waals surface area contributed by atoms with Crippen molar-refractivity contribution in [1.82, 2.24) is 9.78 Å². The van der Waals surface area contributed by atoms with E-state index in [1.807, 2.05) is 17.9 Å². The molecule has 4 nitrogen and oxygen atoms in total. The molecule has 1 unspecified atom stereocenters. The van der Waals surface area contributed by atoms with Crippen LogP contribution in [0.2, 0.25) is 0 Å². The topological polar surface area (TPSA) is 39.1 Å². The molecular weight excluding hydrogens is 202 g/mol. The van der Waals surface area contributed by atoms with E-state index in [4.69, 9.17) is 4.74 Å². The van der Waals surface area contributed by atoms with Crippen LogP contribution < -0.4 is 5.32 Å². The van der Waals surface area contributed by atoms with Crippen molar-refractivity contribution >= 4 is 5.69 Å². The summed E-state index contributed by atoms with van der Waals surface area (Å²) in [5.74, 6) is 0.532. The molecule has 0 bridgehead atoms. The quantitative estimate of drug-likeness (QED) is 0.805. The molecule has 4 heteroatoms. The number of nitrogens with zero attached hydrogens (tertiary/aromatic N) is 2. The molecule has 0 aliphatic heterocycles. The van der Waals surface area contributed by atoms with Crippen molar-refractivity contribution in [3.8, 4) is 0 Å². The molecule has 0 fully saturated rings. The Morgan fingerprint density at radius 3 is 2.69 bits per heavy atom. The molecule has 16 heavy (non-hydrogen) atoms. The molecule has 1 N–H and O–H groups in total. The SMILES string of the molecule is CCc1nn(C)cc1NC(COC)C(C)C. The van der Waals surface area contributed by atoms with Gasteiger partial charge in [0.15, 0.2) is 0 Å². The standard InChI is InChI=1S/C12H23N3O/c1-6-10-11(7-15(4)14-10)13-12(8-16-5)9(2)3/h7,9,12-13H,6,8H2,1-5H3. The Labute approximate surface area is 98.0 Å². The lowest BCUT2D eigenvalue weighted by Crippen LogP contribution is -2.30. The number of rotatable bonds is 6. The first kappa shape index (κ1) is 13.0. The molecular formula is C12H23N3O. The number of hydrogen-bond acceptors (Lipinski definition) is 3. The van der Waals surface area contributed by atoms with E-state index in [-0.39, 0.29) is 0 Å². The van der Waals surface area contributed by atoms with Gasteiger partial charge in [0.25, 0.3) is 0 Å². The number of anilines is 1. The van der Waals surface area contributed by atoms with E-state index >= 15 is 0 Å². The molecule has 0 amide bonds. The van der Waals surface area contributed by atoms with Crippen LogP contribution in [0.3, 0.4) is 0 Å². The number of ether oxygens (including phenoxy) is 1.